The van der Waals surface area contributed by atoms with Crippen LogP contribution in [-0.4, -0.2) is 74.3 Å². The van der Waals surface area contributed by atoms with E-state index in [-0.39, 0.29) is 30.7 Å². The van der Waals surface area contributed by atoms with Gasteiger partial charge in [-0.15, -0.1) is 0 Å². The first kappa shape index (κ1) is 22.1. The number of β-amino-alcohol motifs (C(OH)–C–C–N with tert-alkyl or cyclic N) is 1. The van der Waals surface area contributed by atoms with Crippen molar-refractivity contribution in [2.75, 3.05) is 39.3 Å². The van der Waals surface area contributed by atoms with Crippen LogP contribution in [0.25, 0.3) is 0 Å². The lowest BCUT2D eigenvalue weighted by molar-refractivity contribution is -0.137. The molecule has 0 spiro atoms. The second kappa shape index (κ2) is 8.87. The molecule has 0 bridgehead atoms. The number of piperazine rings is 1. The van der Waals surface area contributed by atoms with Crippen molar-refractivity contribution in [3.05, 3.63) is 29.8 Å². The molecule has 1 unspecified atom stereocenters. The van der Waals surface area contributed by atoms with Crippen LogP contribution in [0.2, 0.25) is 0 Å². The quantitative estimate of drug-likeness (QED) is 0.742. The molecule has 27 heavy (non-hydrogen) atoms. The summed E-state index contributed by atoms with van der Waals surface area (Å²) in [6.07, 6.45) is -5.15. The van der Waals surface area contributed by atoms with Gasteiger partial charge in [-0.2, -0.15) is 17.5 Å². The normalized spacial score (nSPS) is 18.8. The van der Waals surface area contributed by atoms with Gasteiger partial charge in [0.2, 0.25) is 10.0 Å². The maximum Gasteiger partial charge on any atom is 0.416 e. The van der Waals surface area contributed by atoms with E-state index in [1.807, 2.05) is 18.7 Å². The van der Waals surface area contributed by atoms with Crippen LogP contribution in [0.5, 0.6) is 0 Å². The number of ether oxygens (including phenoxy) is 1. The molecule has 1 aromatic carbocycles. The van der Waals surface area contributed by atoms with Crippen molar-refractivity contribution < 1.29 is 31.4 Å². The number of benzene rings is 1. The summed E-state index contributed by atoms with van der Waals surface area (Å²) in [6.45, 7) is 5.61. The number of hydrogen-bond acceptors (Lipinski definition) is 5. The van der Waals surface area contributed by atoms with Crippen molar-refractivity contribution >= 4 is 10.0 Å². The number of alkyl halides is 3. The van der Waals surface area contributed by atoms with Crippen LogP contribution in [0.1, 0.15) is 19.4 Å². The van der Waals surface area contributed by atoms with Crippen molar-refractivity contribution in [2.24, 2.45) is 0 Å². The number of hydrogen-bond donors (Lipinski definition) is 1. The molecule has 2 rings (SSSR count). The van der Waals surface area contributed by atoms with Crippen LogP contribution in [-0.2, 0) is 20.9 Å². The lowest BCUT2D eigenvalue weighted by Crippen LogP contribution is -2.50. The summed E-state index contributed by atoms with van der Waals surface area (Å²) in [6, 6.07) is 3.51. The molecule has 1 saturated heterocycles. The Kier molecular flexibility index (Phi) is 7.26. The van der Waals surface area contributed by atoms with Gasteiger partial charge in [0.1, 0.15) is 0 Å². The molecule has 0 radical (unpaired) electrons. The minimum Gasteiger partial charge on any atom is -0.389 e. The summed E-state index contributed by atoms with van der Waals surface area (Å²) in [5, 5.41) is 9.96. The molecule has 0 aromatic heterocycles. The average Bonchev–Trinajstić information content (AvgIpc) is 2.60. The van der Waals surface area contributed by atoms with Gasteiger partial charge in [-0.25, -0.2) is 8.42 Å². The smallest absolute Gasteiger partial charge is 0.389 e. The predicted molar refractivity (Wildman–Crippen MR) is 93.7 cm³/mol. The largest absolute Gasteiger partial charge is 0.416 e. The third-order valence-electron chi connectivity index (χ3n) is 4.24. The third-order valence-corrected chi connectivity index (χ3v) is 6.15. The Hall–Kier alpha value is -1.20. The van der Waals surface area contributed by atoms with Gasteiger partial charge < -0.3 is 9.84 Å². The van der Waals surface area contributed by atoms with E-state index in [1.54, 1.807) is 0 Å². The number of aliphatic hydroxyl groups is 1. The fourth-order valence-corrected chi connectivity index (χ4v) is 4.19. The highest BCUT2D eigenvalue weighted by Crippen LogP contribution is 2.30. The van der Waals surface area contributed by atoms with Crippen molar-refractivity contribution in [1.29, 1.82) is 0 Å². The molecular formula is C17H25F3N2O4S. The summed E-state index contributed by atoms with van der Waals surface area (Å²) in [4.78, 5) is 1.78. The molecule has 0 amide bonds. The number of halogens is 3. The Morgan fingerprint density at radius 1 is 1.11 bits per heavy atom. The fraction of sp³-hybridized carbons (Fsp3) is 0.647. The van der Waals surface area contributed by atoms with Crippen LogP contribution in [0.3, 0.4) is 0 Å². The van der Waals surface area contributed by atoms with Gasteiger partial charge in [0, 0.05) is 32.7 Å². The van der Waals surface area contributed by atoms with E-state index >= 15 is 0 Å². The van der Waals surface area contributed by atoms with Gasteiger partial charge in [-0.05, 0) is 38.1 Å². The Bertz CT molecular complexity index is 700. The summed E-state index contributed by atoms with van der Waals surface area (Å²) < 4.78 is 69.7. The van der Waals surface area contributed by atoms with E-state index < -0.39 is 27.9 Å². The predicted octanol–water partition coefficient (Wildman–Crippen LogP) is 1.80. The zero-order chi connectivity index (χ0) is 20.2. The number of rotatable bonds is 7. The number of aliphatic hydroxyl groups excluding tert-OH is 1. The van der Waals surface area contributed by atoms with Crippen molar-refractivity contribution in [2.45, 2.75) is 37.1 Å². The van der Waals surface area contributed by atoms with Gasteiger partial charge >= 0.3 is 6.18 Å². The molecule has 10 heteroatoms. The van der Waals surface area contributed by atoms with Crippen LogP contribution >= 0.6 is 0 Å². The van der Waals surface area contributed by atoms with Crippen LogP contribution in [0.4, 0.5) is 13.2 Å². The van der Waals surface area contributed by atoms with Gasteiger partial charge in [0.05, 0.1) is 29.3 Å². The maximum absolute atomic E-state index is 12.6. The monoisotopic (exact) mass is 410 g/mol. The standard InChI is InChI=1S/C17H25F3N2O4S/c1-13(2)26-12-15(23)11-21-7-9-22(10-8-21)27(24,25)16-5-3-14(4-6-16)17(18,19)20/h3-6,13,15,23H,7-12H2,1-2H3. The SMILES string of the molecule is CC(C)OCC(O)CN1CCN(S(=O)(=O)c2ccc(C(F)(F)F)cc2)CC1. The molecule has 1 atom stereocenters. The zero-order valence-corrected chi connectivity index (χ0v) is 16.1. The summed E-state index contributed by atoms with van der Waals surface area (Å²) in [7, 11) is -3.85. The first-order valence-corrected chi connectivity index (χ1v) is 10.1. The van der Waals surface area contributed by atoms with Gasteiger partial charge in [0.15, 0.2) is 0 Å². The molecule has 6 nitrogen and oxygen atoms in total. The molecule has 1 fully saturated rings. The zero-order valence-electron chi connectivity index (χ0n) is 15.3. The highest BCUT2D eigenvalue weighted by atomic mass is 32.2. The highest BCUT2D eigenvalue weighted by molar-refractivity contribution is 7.89. The Balaban J connectivity index is 1.92. The highest BCUT2D eigenvalue weighted by Gasteiger charge is 2.32. The molecule has 1 aliphatic heterocycles. The molecule has 0 saturated carbocycles. The van der Waals surface area contributed by atoms with E-state index in [1.165, 1.54) is 4.31 Å². The van der Waals surface area contributed by atoms with E-state index in [2.05, 4.69) is 0 Å². The Morgan fingerprint density at radius 2 is 1.67 bits per heavy atom. The maximum atomic E-state index is 12.6. The Morgan fingerprint density at radius 3 is 2.15 bits per heavy atom. The minimum absolute atomic E-state index is 0.0189. The van der Waals surface area contributed by atoms with Crippen molar-refractivity contribution in [3.8, 4) is 0 Å². The molecule has 1 aromatic rings. The summed E-state index contributed by atoms with van der Waals surface area (Å²) >= 11 is 0. The van der Waals surface area contributed by atoms with Crippen LogP contribution in [0.15, 0.2) is 29.2 Å². The van der Waals surface area contributed by atoms with Crippen molar-refractivity contribution in [3.63, 3.8) is 0 Å². The lowest BCUT2D eigenvalue weighted by Gasteiger charge is -2.35. The summed E-state index contributed by atoms with van der Waals surface area (Å²) in [5.74, 6) is 0. The van der Waals surface area contributed by atoms with E-state index in [0.717, 1.165) is 24.3 Å². The van der Waals surface area contributed by atoms with E-state index in [9.17, 15) is 26.7 Å². The van der Waals surface area contributed by atoms with E-state index in [0.29, 0.717) is 19.6 Å². The van der Waals surface area contributed by atoms with E-state index in [4.69, 9.17) is 4.74 Å². The Labute approximate surface area is 157 Å². The van der Waals surface area contributed by atoms with Crippen LogP contribution in [0, 0.1) is 0 Å². The van der Waals surface area contributed by atoms with Crippen LogP contribution < -0.4 is 0 Å². The number of nitrogens with zero attached hydrogens (tertiary/aromatic N) is 2. The van der Waals surface area contributed by atoms with Gasteiger partial charge in [-0.3, -0.25) is 4.90 Å². The fourth-order valence-electron chi connectivity index (χ4n) is 2.77. The second-order valence-corrected chi connectivity index (χ2v) is 8.70. The summed E-state index contributed by atoms with van der Waals surface area (Å²) in [5.41, 5.74) is -0.885. The minimum atomic E-state index is -4.51. The third kappa shape index (κ3) is 6.15. The van der Waals surface area contributed by atoms with Crippen molar-refractivity contribution in [1.82, 2.24) is 9.21 Å². The average molecular weight is 410 g/mol. The first-order valence-electron chi connectivity index (χ1n) is 8.69. The molecule has 1 heterocycles. The second-order valence-electron chi connectivity index (χ2n) is 6.76. The molecule has 1 aliphatic rings. The molecular weight excluding hydrogens is 385 g/mol. The molecule has 154 valence electrons. The van der Waals surface area contributed by atoms with Gasteiger partial charge in [-0.1, -0.05) is 0 Å². The lowest BCUT2D eigenvalue weighted by atomic mass is 10.2. The molecule has 1 N–H and O–H groups in total. The molecule has 0 aliphatic carbocycles. The topological polar surface area (TPSA) is 70.1 Å². The first-order chi connectivity index (χ1) is 12.5. The van der Waals surface area contributed by atoms with Gasteiger partial charge in [0.25, 0.3) is 0 Å². The number of sulfonamides is 1.